The number of hydrogen-bond acceptors (Lipinski definition) is 4. The van der Waals surface area contributed by atoms with E-state index in [1.165, 1.54) is 37.3 Å². The number of piperidine rings is 1. The van der Waals surface area contributed by atoms with Gasteiger partial charge in [0.05, 0.1) is 25.3 Å². The molecule has 0 spiro atoms. The molecule has 2 aromatic carbocycles. The lowest BCUT2D eigenvalue weighted by atomic mass is 10.0. The number of carbonyl (C=O) groups is 2. The lowest BCUT2D eigenvalue weighted by molar-refractivity contribution is -0.138. The summed E-state index contributed by atoms with van der Waals surface area (Å²) < 4.78 is 50.2. The fraction of sp³-hybridized carbons (Fsp3) is 0.364. The smallest absolute Gasteiger partial charge is 0.417 e. The molecule has 1 N–H and O–H groups in total. The molecule has 166 valence electrons. The van der Waals surface area contributed by atoms with Crippen LogP contribution in [0.5, 0.6) is 11.5 Å². The van der Waals surface area contributed by atoms with Crippen molar-refractivity contribution in [3.05, 3.63) is 59.2 Å². The van der Waals surface area contributed by atoms with Gasteiger partial charge in [-0.2, -0.15) is 13.2 Å². The van der Waals surface area contributed by atoms with Gasteiger partial charge in [-0.15, -0.1) is 0 Å². The van der Waals surface area contributed by atoms with Crippen LogP contribution in [-0.2, 0) is 6.18 Å². The van der Waals surface area contributed by atoms with Gasteiger partial charge in [-0.3, -0.25) is 9.59 Å². The maximum atomic E-state index is 13.2. The molecular weight excluding hydrogens is 413 g/mol. The van der Waals surface area contributed by atoms with Gasteiger partial charge in [0.1, 0.15) is 17.1 Å². The predicted octanol–water partition coefficient (Wildman–Crippen LogP) is 3.76. The molecule has 0 radical (unpaired) electrons. The van der Waals surface area contributed by atoms with Crippen molar-refractivity contribution in [3.8, 4) is 11.5 Å². The fourth-order valence-corrected chi connectivity index (χ4v) is 3.65. The van der Waals surface area contributed by atoms with Crippen LogP contribution in [0.3, 0.4) is 0 Å². The van der Waals surface area contributed by atoms with Crippen LogP contribution in [0, 0.1) is 0 Å². The van der Waals surface area contributed by atoms with Gasteiger partial charge in [-0.05, 0) is 37.1 Å². The van der Waals surface area contributed by atoms with Crippen molar-refractivity contribution in [2.45, 2.75) is 25.1 Å². The number of methoxy groups -OCH3 is 2. The summed E-state index contributed by atoms with van der Waals surface area (Å²) in [5.41, 5.74) is -1.04. The Labute approximate surface area is 177 Å². The number of carbonyl (C=O) groups excluding carboxylic acids is 2. The number of alkyl halides is 3. The van der Waals surface area contributed by atoms with Crippen LogP contribution in [0.4, 0.5) is 13.2 Å². The highest BCUT2D eigenvalue weighted by Crippen LogP contribution is 2.33. The minimum atomic E-state index is -4.60. The van der Waals surface area contributed by atoms with Crippen molar-refractivity contribution in [2.24, 2.45) is 0 Å². The Hall–Kier alpha value is -3.23. The van der Waals surface area contributed by atoms with Crippen molar-refractivity contribution in [1.29, 1.82) is 0 Å². The molecular formula is C22H23F3N2O4. The molecule has 2 amide bonds. The first-order valence-electron chi connectivity index (χ1n) is 9.73. The van der Waals surface area contributed by atoms with Gasteiger partial charge < -0.3 is 19.7 Å². The van der Waals surface area contributed by atoms with E-state index < -0.39 is 17.6 Å². The number of rotatable bonds is 5. The highest BCUT2D eigenvalue weighted by Gasteiger charge is 2.36. The molecule has 31 heavy (non-hydrogen) atoms. The second kappa shape index (κ2) is 9.28. The Morgan fingerprint density at radius 1 is 0.968 bits per heavy atom. The van der Waals surface area contributed by atoms with Gasteiger partial charge in [-0.1, -0.05) is 18.2 Å². The van der Waals surface area contributed by atoms with E-state index in [2.05, 4.69) is 5.32 Å². The fourth-order valence-electron chi connectivity index (χ4n) is 3.65. The zero-order valence-corrected chi connectivity index (χ0v) is 17.2. The van der Waals surface area contributed by atoms with Gasteiger partial charge in [-0.25, -0.2) is 0 Å². The summed E-state index contributed by atoms with van der Waals surface area (Å²) >= 11 is 0. The lowest BCUT2D eigenvalue weighted by Crippen LogP contribution is -2.47. The van der Waals surface area contributed by atoms with Crippen LogP contribution in [0.25, 0.3) is 0 Å². The van der Waals surface area contributed by atoms with Crippen molar-refractivity contribution in [1.82, 2.24) is 10.2 Å². The van der Waals surface area contributed by atoms with E-state index >= 15 is 0 Å². The molecule has 0 aromatic heterocycles. The SMILES string of the molecule is COc1cccc(OC)c1C(=O)NC1CCN(C(=O)c2ccccc2C(F)(F)F)CC1. The molecule has 0 atom stereocenters. The largest absolute Gasteiger partial charge is 0.496 e. The average Bonchev–Trinajstić information content (AvgIpc) is 2.77. The third-order valence-corrected chi connectivity index (χ3v) is 5.24. The highest BCUT2D eigenvalue weighted by atomic mass is 19.4. The number of amides is 2. The summed E-state index contributed by atoms with van der Waals surface area (Å²) in [7, 11) is 2.91. The van der Waals surface area contributed by atoms with Gasteiger partial charge in [0.15, 0.2) is 0 Å². The van der Waals surface area contributed by atoms with Crippen molar-refractivity contribution >= 4 is 11.8 Å². The standard InChI is InChI=1S/C22H23F3N2O4/c1-30-17-8-5-9-18(31-2)19(17)20(28)26-14-10-12-27(13-11-14)21(29)15-6-3-4-7-16(15)22(23,24)25/h3-9,14H,10-13H2,1-2H3,(H,26,28). The van der Waals surface area contributed by atoms with E-state index in [0.717, 1.165) is 6.07 Å². The Kier molecular flexibility index (Phi) is 6.72. The number of nitrogens with zero attached hydrogens (tertiary/aromatic N) is 1. The topological polar surface area (TPSA) is 67.9 Å². The summed E-state index contributed by atoms with van der Waals surface area (Å²) in [4.78, 5) is 26.9. The number of likely N-dealkylation sites (tertiary alicyclic amines) is 1. The van der Waals surface area contributed by atoms with E-state index in [4.69, 9.17) is 9.47 Å². The minimum Gasteiger partial charge on any atom is -0.496 e. The highest BCUT2D eigenvalue weighted by molar-refractivity contribution is 6.00. The summed E-state index contributed by atoms with van der Waals surface area (Å²) in [6.45, 7) is 0.470. The molecule has 0 unspecified atom stereocenters. The summed E-state index contributed by atoms with van der Waals surface area (Å²) in [5.74, 6) is -0.299. The normalized spacial score (nSPS) is 14.8. The minimum absolute atomic E-state index is 0.232. The average molecular weight is 436 g/mol. The van der Waals surface area contributed by atoms with E-state index in [1.807, 2.05) is 0 Å². The molecule has 9 heteroatoms. The molecule has 0 bridgehead atoms. The molecule has 1 heterocycles. The third-order valence-electron chi connectivity index (χ3n) is 5.24. The molecule has 1 aliphatic heterocycles. The van der Waals surface area contributed by atoms with Crippen LogP contribution in [0.1, 0.15) is 39.1 Å². The Bertz CT molecular complexity index is 932. The predicted molar refractivity (Wildman–Crippen MR) is 107 cm³/mol. The van der Waals surface area contributed by atoms with Gasteiger partial charge in [0.2, 0.25) is 0 Å². The van der Waals surface area contributed by atoms with E-state index in [0.29, 0.717) is 24.3 Å². The van der Waals surface area contributed by atoms with Crippen LogP contribution in [-0.4, -0.2) is 50.1 Å². The van der Waals surface area contributed by atoms with Crippen molar-refractivity contribution < 1.29 is 32.2 Å². The first-order chi connectivity index (χ1) is 14.8. The third kappa shape index (κ3) is 4.92. The Morgan fingerprint density at radius 3 is 2.10 bits per heavy atom. The molecule has 0 aliphatic carbocycles. The van der Waals surface area contributed by atoms with Gasteiger partial charge in [0.25, 0.3) is 11.8 Å². The van der Waals surface area contributed by atoms with Crippen molar-refractivity contribution in [3.63, 3.8) is 0 Å². The number of benzene rings is 2. The second-order valence-electron chi connectivity index (χ2n) is 7.12. The zero-order chi connectivity index (χ0) is 22.6. The molecule has 1 fully saturated rings. The van der Waals surface area contributed by atoms with E-state index in [1.54, 1.807) is 18.2 Å². The van der Waals surface area contributed by atoms with Crippen LogP contribution >= 0.6 is 0 Å². The summed E-state index contributed by atoms with van der Waals surface area (Å²) in [5, 5.41) is 2.90. The lowest BCUT2D eigenvalue weighted by Gasteiger charge is -2.33. The van der Waals surface area contributed by atoms with Gasteiger partial charge in [0, 0.05) is 19.1 Å². The van der Waals surface area contributed by atoms with Gasteiger partial charge >= 0.3 is 6.18 Å². The van der Waals surface area contributed by atoms with Crippen LogP contribution in [0.15, 0.2) is 42.5 Å². The molecule has 1 saturated heterocycles. The monoisotopic (exact) mass is 436 g/mol. The van der Waals surface area contributed by atoms with Crippen molar-refractivity contribution in [2.75, 3.05) is 27.3 Å². The quantitative estimate of drug-likeness (QED) is 0.775. The summed E-state index contributed by atoms with van der Waals surface area (Å²) in [6, 6.07) is 9.53. The maximum absolute atomic E-state index is 13.2. The zero-order valence-electron chi connectivity index (χ0n) is 17.2. The molecule has 6 nitrogen and oxygen atoms in total. The number of nitrogens with one attached hydrogen (secondary N) is 1. The summed E-state index contributed by atoms with van der Waals surface area (Å²) in [6.07, 6.45) is -3.77. The maximum Gasteiger partial charge on any atom is 0.417 e. The number of ether oxygens (including phenoxy) is 2. The number of hydrogen-bond donors (Lipinski definition) is 1. The van der Waals surface area contributed by atoms with E-state index in [9.17, 15) is 22.8 Å². The second-order valence-corrected chi connectivity index (χ2v) is 7.12. The first kappa shape index (κ1) is 22.5. The molecule has 3 rings (SSSR count). The molecule has 1 aliphatic rings. The molecule has 0 saturated carbocycles. The van der Waals surface area contributed by atoms with Crippen LogP contribution < -0.4 is 14.8 Å². The Morgan fingerprint density at radius 2 is 1.55 bits per heavy atom. The van der Waals surface area contributed by atoms with Crippen LogP contribution in [0.2, 0.25) is 0 Å². The Balaban J connectivity index is 1.66. The molecule has 2 aromatic rings. The first-order valence-corrected chi connectivity index (χ1v) is 9.73. The van der Waals surface area contributed by atoms with E-state index in [-0.39, 0.29) is 36.2 Å². The number of halogens is 3.